The molecule has 0 saturated carbocycles. The van der Waals surface area contributed by atoms with E-state index < -0.39 is 12.0 Å². The summed E-state index contributed by atoms with van der Waals surface area (Å²) < 4.78 is 9.03. The molecule has 0 aliphatic rings. The smallest absolute Gasteiger partial charge is 0.372 e. The summed E-state index contributed by atoms with van der Waals surface area (Å²) in [5.74, 6) is -0.461. The van der Waals surface area contributed by atoms with Gasteiger partial charge in [-0.1, -0.05) is 0 Å². The summed E-state index contributed by atoms with van der Waals surface area (Å²) in [6.45, 7) is 7.16. The number of aliphatic imine (C=N–C) groups is 1. The van der Waals surface area contributed by atoms with Gasteiger partial charge in [-0.25, -0.2) is 14.6 Å². The van der Waals surface area contributed by atoms with Crippen molar-refractivity contribution in [2.45, 2.75) is 13.8 Å². The number of nitrogens with two attached hydrogens (primary N) is 1. The Morgan fingerprint density at radius 3 is 2.27 bits per heavy atom. The van der Waals surface area contributed by atoms with E-state index in [1.54, 1.807) is 13.8 Å². The number of urea groups is 1. The SMILES string of the molecule is C=C(OCC)C(=O)OC.CC=NC(N)=O. The van der Waals surface area contributed by atoms with Crippen molar-refractivity contribution in [3.05, 3.63) is 12.3 Å². The van der Waals surface area contributed by atoms with Crippen molar-refractivity contribution in [3.8, 4) is 0 Å². The highest BCUT2D eigenvalue weighted by Gasteiger charge is 2.04. The summed E-state index contributed by atoms with van der Waals surface area (Å²) in [4.78, 5) is 23.2. The second kappa shape index (κ2) is 10.2. The Hall–Kier alpha value is -1.85. The maximum absolute atomic E-state index is 10.5. The van der Waals surface area contributed by atoms with Crippen LogP contribution in [0.3, 0.4) is 0 Å². The van der Waals surface area contributed by atoms with Gasteiger partial charge in [0.25, 0.3) is 0 Å². The molecule has 0 unspecified atom stereocenters. The molecular weight excluding hydrogens is 200 g/mol. The Bertz CT molecular complexity index is 248. The Morgan fingerprint density at radius 2 is 2.07 bits per heavy atom. The van der Waals surface area contributed by atoms with Crippen LogP contribution in [0.1, 0.15) is 13.8 Å². The van der Waals surface area contributed by atoms with Gasteiger partial charge in [-0.05, 0) is 20.4 Å². The second-order valence-corrected chi connectivity index (χ2v) is 2.07. The van der Waals surface area contributed by atoms with Gasteiger partial charge in [0, 0.05) is 6.21 Å². The van der Waals surface area contributed by atoms with E-state index in [1.807, 2.05) is 0 Å². The predicted octanol–water partition coefficient (Wildman–Crippen LogP) is 0.865. The number of carbonyl (C=O) groups is 2. The molecule has 0 fully saturated rings. The summed E-state index contributed by atoms with van der Waals surface area (Å²) in [6, 6.07) is -0.641. The zero-order chi connectivity index (χ0) is 12.3. The molecule has 2 amide bonds. The van der Waals surface area contributed by atoms with Crippen LogP contribution in [0.2, 0.25) is 0 Å². The lowest BCUT2D eigenvalue weighted by atomic mass is 10.6. The molecule has 0 aromatic heterocycles. The molecule has 0 bridgehead atoms. The van der Waals surface area contributed by atoms with Gasteiger partial charge in [0.1, 0.15) is 0 Å². The van der Waals surface area contributed by atoms with Crippen molar-refractivity contribution < 1.29 is 19.1 Å². The lowest BCUT2D eigenvalue weighted by Crippen LogP contribution is -2.06. The highest BCUT2D eigenvalue weighted by atomic mass is 16.6. The summed E-state index contributed by atoms with van der Waals surface area (Å²) in [7, 11) is 1.28. The minimum atomic E-state index is -0.641. The highest BCUT2D eigenvalue weighted by molar-refractivity contribution is 5.85. The average molecular weight is 216 g/mol. The van der Waals surface area contributed by atoms with Gasteiger partial charge in [-0.2, -0.15) is 0 Å². The van der Waals surface area contributed by atoms with E-state index in [-0.39, 0.29) is 5.76 Å². The minimum Gasteiger partial charge on any atom is -0.487 e. The fourth-order valence-electron chi connectivity index (χ4n) is 0.474. The first-order valence-electron chi connectivity index (χ1n) is 4.17. The van der Waals surface area contributed by atoms with Crippen LogP contribution >= 0.6 is 0 Å². The largest absolute Gasteiger partial charge is 0.487 e. The number of ether oxygens (including phenoxy) is 2. The molecule has 0 rings (SSSR count). The van der Waals surface area contributed by atoms with Crippen LogP contribution in [0.15, 0.2) is 17.3 Å². The van der Waals surface area contributed by atoms with E-state index >= 15 is 0 Å². The van der Waals surface area contributed by atoms with Crippen molar-refractivity contribution >= 4 is 18.2 Å². The Labute approximate surface area is 88.8 Å². The van der Waals surface area contributed by atoms with E-state index in [0.717, 1.165) is 0 Å². The van der Waals surface area contributed by atoms with Gasteiger partial charge in [-0.15, -0.1) is 0 Å². The molecule has 0 aliphatic carbocycles. The van der Waals surface area contributed by atoms with Gasteiger partial charge in [0.2, 0.25) is 0 Å². The minimum absolute atomic E-state index is 0.0556. The Morgan fingerprint density at radius 1 is 1.53 bits per heavy atom. The van der Waals surface area contributed by atoms with Crippen molar-refractivity contribution in [2.24, 2.45) is 10.7 Å². The quantitative estimate of drug-likeness (QED) is 0.328. The first-order valence-corrected chi connectivity index (χ1v) is 4.17. The van der Waals surface area contributed by atoms with Crippen LogP contribution in [0, 0.1) is 0 Å². The molecule has 15 heavy (non-hydrogen) atoms. The molecule has 0 aromatic carbocycles. The zero-order valence-electron chi connectivity index (χ0n) is 9.15. The van der Waals surface area contributed by atoms with E-state index in [1.165, 1.54) is 13.3 Å². The fourth-order valence-corrected chi connectivity index (χ4v) is 0.474. The normalized spacial score (nSPS) is 8.73. The van der Waals surface area contributed by atoms with Crippen molar-refractivity contribution in [3.63, 3.8) is 0 Å². The van der Waals surface area contributed by atoms with E-state index in [4.69, 9.17) is 4.74 Å². The number of esters is 1. The highest BCUT2D eigenvalue weighted by Crippen LogP contribution is 1.93. The van der Waals surface area contributed by atoms with Crippen LogP contribution in [0.4, 0.5) is 4.79 Å². The molecule has 6 nitrogen and oxygen atoms in total. The van der Waals surface area contributed by atoms with Crippen LogP contribution in [-0.4, -0.2) is 31.9 Å². The van der Waals surface area contributed by atoms with Gasteiger partial charge in [0.05, 0.1) is 13.7 Å². The zero-order valence-corrected chi connectivity index (χ0v) is 9.15. The molecule has 86 valence electrons. The van der Waals surface area contributed by atoms with Gasteiger partial charge in [0.15, 0.2) is 5.76 Å². The lowest BCUT2D eigenvalue weighted by molar-refractivity contribution is -0.140. The maximum atomic E-state index is 10.5. The molecule has 0 radical (unpaired) electrons. The summed E-state index contributed by atoms with van der Waals surface area (Å²) >= 11 is 0. The summed E-state index contributed by atoms with van der Waals surface area (Å²) in [6.07, 6.45) is 1.35. The second-order valence-electron chi connectivity index (χ2n) is 2.07. The molecule has 0 spiro atoms. The first-order chi connectivity index (χ1) is 6.99. The topological polar surface area (TPSA) is 91.0 Å². The first kappa shape index (κ1) is 15.6. The standard InChI is InChI=1S/C6H10O3.C3H6N2O/c1-4-9-5(2)6(7)8-3;1-2-5-3(4)6/h2,4H2,1,3H3;2H,1H3,(H2,4,6). The van der Waals surface area contributed by atoms with Crippen molar-refractivity contribution in [1.82, 2.24) is 0 Å². The molecular formula is C9H16N2O4. The third kappa shape index (κ3) is 12.1. The van der Waals surface area contributed by atoms with Crippen LogP contribution in [0.25, 0.3) is 0 Å². The number of hydrogen-bond donors (Lipinski definition) is 1. The number of methoxy groups -OCH3 is 1. The van der Waals surface area contributed by atoms with Crippen LogP contribution < -0.4 is 5.73 Å². The predicted molar refractivity (Wildman–Crippen MR) is 56.5 cm³/mol. The summed E-state index contributed by atoms with van der Waals surface area (Å²) in [5, 5.41) is 0. The molecule has 2 N–H and O–H groups in total. The number of hydrogen-bond acceptors (Lipinski definition) is 4. The molecule has 0 aliphatic heterocycles. The van der Waals surface area contributed by atoms with E-state index in [2.05, 4.69) is 22.0 Å². The number of primary amides is 1. The number of carbonyl (C=O) groups excluding carboxylic acids is 2. The monoisotopic (exact) mass is 216 g/mol. The Kier molecular flexibility index (Phi) is 10.7. The lowest BCUT2D eigenvalue weighted by Gasteiger charge is -2.01. The number of nitrogens with zero attached hydrogens (tertiary/aromatic N) is 1. The molecule has 0 saturated heterocycles. The average Bonchev–Trinajstić information content (AvgIpc) is 2.17. The van der Waals surface area contributed by atoms with Crippen LogP contribution in [0.5, 0.6) is 0 Å². The van der Waals surface area contributed by atoms with Crippen molar-refractivity contribution in [2.75, 3.05) is 13.7 Å². The third-order valence-electron chi connectivity index (χ3n) is 0.988. The molecule has 6 heteroatoms. The molecule has 0 aromatic rings. The third-order valence-corrected chi connectivity index (χ3v) is 0.988. The number of amides is 2. The Balaban J connectivity index is 0. The summed E-state index contributed by atoms with van der Waals surface area (Å²) in [5.41, 5.74) is 4.57. The van der Waals surface area contributed by atoms with Crippen LogP contribution in [-0.2, 0) is 14.3 Å². The van der Waals surface area contributed by atoms with Gasteiger partial charge < -0.3 is 15.2 Å². The molecule has 0 atom stereocenters. The molecule has 0 heterocycles. The fraction of sp³-hybridized carbons (Fsp3) is 0.444. The van der Waals surface area contributed by atoms with Gasteiger partial charge in [-0.3, -0.25) is 0 Å². The maximum Gasteiger partial charge on any atom is 0.372 e. The van der Waals surface area contributed by atoms with Gasteiger partial charge >= 0.3 is 12.0 Å². The number of rotatable bonds is 3. The van der Waals surface area contributed by atoms with E-state index in [9.17, 15) is 9.59 Å². The van der Waals surface area contributed by atoms with Crippen molar-refractivity contribution in [1.29, 1.82) is 0 Å². The van der Waals surface area contributed by atoms with E-state index in [0.29, 0.717) is 6.61 Å².